The summed E-state index contributed by atoms with van der Waals surface area (Å²) in [5, 5.41) is 12.5. The van der Waals surface area contributed by atoms with Gasteiger partial charge in [-0.2, -0.15) is 0 Å². The van der Waals surface area contributed by atoms with E-state index in [0.29, 0.717) is 30.2 Å². The predicted octanol–water partition coefficient (Wildman–Crippen LogP) is 2.67. The van der Waals surface area contributed by atoms with Crippen molar-refractivity contribution in [2.24, 2.45) is 0 Å². The van der Waals surface area contributed by atoms with Crippen LogP contribution in [0.3, 0.4) is 0 Å². The Morgan fingerprint density at radius 3 is 3.08 bits per heavy atom. The van der Waals surface area contributed by atoms with Gasteiger partial charge >= 0.3 is 0 Å². The number of ether oxygens (including phenoxy) is 1. The van der Waals surface area contributed by atoms with Crippen LogP contribution < -0.4 is 10.1 Å². The van der Waals surface area contributed by atoms with Crippen molar-refractivity contribution in [3.63, 3.8) is 0 Å². The molecule has 0 saturated carbocycles. The van der Waals surface area contributed by atoms with Gasteiger partial charge in [-0.25, -0.2) is 14.4 Å². The molecule has 3 heterocycles. The topological polar surface area (TPSA) is 71.7 Å². The normalized spacial score (nSPS) is 13.1. The number of nitrogens with zero attached hydrogens (tertiary/aromatic N) is 3. The van der Waals surface area contributed by atoms with E-state index in [2.05, 4.69) is 31.2 Å². The smallest absolute Gasteiger partial charge is 0.209 e. The van der Waals surface area contributed by atoms with E-state index in [1.807, 2.05) is 0 Å². The molecule has 8 heteroatoms. The first-order valence-electron chi connectivity index (χ1n) is 7.47. The van der Waals surface area contributed by atoms with Crippen LogP contribution in [0.25, 0.3) is 5.52 Å². The summed E-state index contributed by atoms with van der Waals surface area (Å²) < 4.78 is 22.2. The second-order valence-corrected chi connectivity index (χ2v) is 6.31. The summed E-state index contributed by atoms with van der Waals surface area (Å²) >= 11 is 3.41. The molecular weight excluding hydrogens is 379 g/mol. The molecule has 0 unspecified atom stereocenters. The summed E-state index contributed by atoms with van der Waals surface area (Å²) in [6.07, 6.45) is 3.91. The number of aromatic nitrogens is 3. The Bertz CT molecular complexity index is 928. The molecule has 1 aliphatic heterocycles. The zero-order valence-electron chi connectivity index (χ0n) is 12.6. The lowest BCUT2D eigenvalue weighted by atomic mass is 10.0. The molecule has 4 rings (SSSR count). The van der Waals surface area contributed by atoms with Crippen molar-refractivity contribution in [3.05, 3.63) is 51.8 Å². The number of hydrogen-bond donors (Lipinski definition) is 2. The Kier molecular flexibility index (Phi) is 3.85. The number of halogens is 2. The number of benzene rings is 1. The maximum atomic E-state index is 14.2. The van der Waals surface area contributed by atoms with Crippen LogP contribution in [0, 0.1) is 5.82 Å². The number of imidazole rings is 1. The fraction of sp³-hybridized carbons (Fsp3) is 0.250. The molecule has 0 amide bonds. The highest BCUT2D eigenvalue weighted by atomic mass is 79.9. The van der Waals surface area contributed by atoms with E-state index in [9.17, 15) is 9.50 Å². The third-order valence-corrected chi connectivity index (χ3v) is 4.69. The molecular formula is C16H14BrFN4O2. The molecule has 1 aromatic carbocycles. The summed E-state index contributed by atoms with van der Waals surface area (Å²) in [5.74, 6) is 1.01. The van der Waals surface area contributed by atoms with Crippen molar-refractivity contribution in [3.8, 4) is 5.75 Å². The van der Waals surface area contributed by atoms with Gasteiger partial charge in [0.25, 0.3) is 0 Å². The van der Waals surface area contributed by atoms with Gasteiger partial charge in [-0.15, -0.1) is 0 Å². The van der Waals surface area contributed by atoms with Gasteiger partial charge in [0.05, 0.1) is 28.9 Å². The van der Waals surface area contributed by atoms with Gasteiger partial charge in [-0.05, 0) is 28.1 Å². The largest absolute Gasteiger partial charge is 0.493 e. The Morgan fingerprint density at radius 1 is 1.38 bits per heavy atom. The maximum absolute atomic E-state index is 14.2. The Morgan fingerprint density at radius 2 is 2.25 bits per heavy atom. The molecule has 6 nitrogen and oxygen atoms in total. The lowest BCUT2D eigenvalue weighted by Gasteiger charge is -2.12. The van der Waals surface area contributed by atoms with Crippen molar-refractivity contribution in [1.82, 2.24) is 14.4 Å². The molecule has 0 aliphatic carbocycles. The van der Waals surface area contributed by atoms with Gasteiger partial charge in [0.15, 0.2) is 0 Å². The van der Waals surface area contributed by atoms with Crippen molar-refractivity contribution < 1.29 is 14.2 Å². The van der Waals surface area contributed by atoms with E-state index in [0.717, 1.165) is 21.3 Å². The minimum absolute atomic E-state index is 0.170. The molecule has 2 aromatic heterocycles. The average molecular weight is 393 g/mol. The van der Waals surface area contributed by atoms with Crippen molar-refractivity contribution in [1.29, 1.82) is 0 Å². The highest BCUT2D eigenvalue weighted by Gasteiger charge is 2.20. The fourth-order valence-electron chi connectivity index (χ4n) is 2.96. The highest BCUT2D eigenvalue weighted by Crippen LogP contribution is 2.31. The number of anilines is 1. The molecule has 0 radical (unpaired) electrons. The van der Waals surface area contributed by atoms with Crippen molar-refractivity contribution >= 4 is 27.4 Å². The molecule has 24 heavy (non-hydrogen) atoms. The van der Waals surface area contributed by atoms with Gasteiger partial charge in [-0.1, -0.05) is 0 Å². The van der Waals surface area contributed by atoms with Crippen LogP contribution in [0.5, 0.6) is 5.75 Å². The van der Waals surface area contributed by atoms with E-state index < -0.39 is 0 Å². The Hall–Kier alpha value is -2.19. The highest BCUT2D eigenvalue weighted by molar-refractivity contribution is 9.10. The summed E-state index contributed by atoms with van der Waals surface area (Å²) in [6.45, 7) is 0.694. The number of nitrogens with one attached hydrogen (secondary N) is 1. The molecule has 0 fully saturated rings. The Labute approximate surface area is 145 Å². The zero-order valence-corrected chi connectivity index (χ0v) is 14.2. The van der Waals surface area contributed by atoms with Crippen LogP contribution in [-0.4, -0.2) is 26.1 Å². The molecule has 2 N–H and O–H groups in total. The van der Waals surface area contributed by atoms with Crippen LogP contribution in [-0.2, 0) is 19.6 Å². The van der Waals surface area contributed by atoms with E-state index in [1.165, 1.54) is 6.07 Å². The van der Waals surface area contributed by atoms with Crippen LogP contribution in [0.1, 0.15) is 16.8 Å². The number of rotatable bonds is 4. The molecule has 124 valence electrons. The van der Waals surface area contributed by atoms with E-state index in [4.69, 9.17) is 4.74 Å². The SMILES string of the molecule is OCc1ncn2c(NCc3c(F)ccc4c3CCO4)ncc(Br)c12. The molecule has 0 bridgehead atoms. The van der Waals surface area contributed by atoms with E-state index in [1.54, 1.807) is 23.0 Å². The van der Waals surface area contributed by atoms with Gasteiger partial charge in [0.2, 0.25) is 5.95 Å². The first kappa shape index (κ1) is 15.3. The van der Waals surface area contributed by atoms with Crippen LogP contribution in [0.4, 0.5) is 10.3 Å². The summed E-state index contributed by atoms with van der Waals surface area (Å²) in [7, 11) is 0. The van der Waals surface area contributed by atoms with Gasteiger partial charge in [0.1, 0.15) is 17.9 Å². The number of aliphatic hydroxyl groups excluding tert-OH is 1. The maximum Gasteiger partial charge on any atom is 0.209 e. The molecule has 0 spiro atoms. The lowest BCUT2D eigenvalue weighted by Crippen LogP contribution is -2.09. The van der Waals surface area contributed by atoms with Gasteiger partial charge in [0, 0.05) is 30.3 Å². The molecule has 3 aromatic rings. The van der Waals surface area contributed by atoms with E-state index >= 15 is 0 Å². The fourth-order valence-corrected chi connectivity index (χ4v) is 3.48. The zero-order chi connectivity index (χ0) is 16.7. The molecule has 1 aliphatic rings. The minimum Gasteiger partial charge on any atom is -0.493 e. The molecule has 0 saturated heterocycles. The third kappa shape index (κ3) is 2.42. The number of hydrogen-bond acceptors (Lipinski definition) is 5. The lowest BCUT2D eigenvalue weighted by molar-refractivity contribution is 0.279. The minimum atomic E-state index is -0.262. The van der Waals surface area contributed by atoms with E-state index in [-0.39, 0.29) is 19.0 Å². The average Bonchev–Trinajstić information content (AvgIpc) is 3.22. The summed E-state index contributed by atoms with van der Waals surface area (Å²) in [5.41, 5.74) is 2.77. The van der Waals surface area contributed by atoms with Gasteiger partial charge in [-0.3, -0.25) is 4.40 Å². The van der Waals surface area contributed by atoms with Crippen LogP contribution >= 0.6 is 15.9 Å². The predicted molar refractivity (Wildman–Crippen MR) is 89.5 cm³/mol. The monoisotopic (exact) mass is 392 g/mol. The molecule has 0 atom stereocenters. The van der Waals surface area contributed by atoms with Crippen LogP contribution in [0.2, 0.25) is 0 Å². The van der Waals surface area contributed by atoms with Gasteiger partial charge < -0.3 is 15.2 Å². The second kappa shape index (κ2) is 6.03. The van der Waals surface area contributed by atoms with Crippen LogP contribution in [0.15, 0.2) is 29.1 Å². The Balaban J connectivity index is 1.68. The second-order valence-electron chi connectivity index (χ2n) is 5.45. The third-order valence-electron chi connectivity index (χ3n) is 4.11. The first-order chi connectivity index (χ1) is 11.7. The quantitative estimate of drug-likeness (QED) is 0.713. The first-order valence-corrected chi connectivity index (χ1v) is 8.26. The number of aliphatic hydroxyl groups is 1. The summed E-state index contributed by atoms with van der Waals surface area (Å²) in [4.78, 5) is 8.50. The van der Waals surface area contributed by atoms with Crippen molar-refractivity contribution in [2.45, 2.75) is 19.6 Å². The summed E-state index contributed by atoms with van der Waals surface area (Å²) in [6, 6.07) is 3.09. The standard InChI is InChI=1S/C16H14BrFN4O2/c17-11-6-20-16(22-8-21-13(7-23)15(11)22)19-5-10-9-3-4-24-14(9)2-1-12(10)18/h1-2,6,8,23H,3-5,7H2,(H,19,20). The van der Waals surface area contributed by atoms with Crippen molar-refractivity contribution in [2.75, 3.05) is 11.9 Å². The number of fused-ring (bicyclic) bond motifs is 2.